The summed E-state index contributed by atoms with van der Waals surface area (Å²) in [6.07, 6.45) is 3.68. The molecule has 2 aromatic rings. The molecule has 1 unspecified atom stereocenters. The highest BCUT2D eigenvalue weighted by Crippen LogP contribution is 2.26. The molecule has 102 valence electrons. The number of nitrogens with two attached hydrogens (primary N) is 1. The lowest BCUT2D eigenvalue weighted by molar-refractivity contribution is 0.145. The summed E-state index contributed by atoms with van der Waals surface area (Å²) in [5.41, 5.74) is 6.73. The van der Waals surface area contributed by atoms with Gasteiger partial charge in [0.05, 0.1) is 16.8 Å². The van der Waals surface area contributed by atoms with E-state index in [1.54, 1.807) is 23.5 Å². The van der Waals surface area contributed by atoms with Gasteiger partial charge < -0.3 is 5.73 Å². The van der Waals surface area contributed by atoms with Crippen LogP contribution in [0.3, 0.4) is 0 Å². The van der Waals surface area contributed by atoms with E-state index in [2.05, 4.69) is 9.88 Å². The molecule has 0 spiro atoms. The topological polar surface area (TPSA) is 42.1 Å². The van der Waals surface area contributed by atoms with Crippen LogP contribution in [-0.2, 0) is 6.54 Å². The highest BCUT2D eigenvalue weighted by molar-refractivity contribution is 7.18. The minimum Gasteiger partial charge on any atom is -0.329 e. The van der Waals surface area contributed by atoms with Crippen LogP contribution in [0.5, 0.6) is 0 Å². The number of piperidine rings is 1. The first-order chi connectivity index (χ1) is 9.26. The van der Waals surface area contributed by atoms with Crippen LogP contribution in [0.1, 0.15) is 24.3 Å². The number of nitrogens with zero attached hydrogens (tertiary/aromatic N) is 2. The Morgan fingerprint density at radius 1 is 1.42 bits per heavy atom. The van der Waals surface area contributed by atoms with Crippen molar-refractivity contribution in [1.82, 2.24) is 9.88 Å². The summed E-state index contributed by atoms with van der Waals surface area (Å²) in [6.45, 7) is 2.63. The third-order valence-corrected chi connectivity index (χ3v) is 4.76. The van der Waals surface area contributed by atoms with E-state index in [0.29, 0.717) is 12.6 Å². The smallest absolute Gasteiger partial charge is 0.124 e. The number of hydrogen-bond donors (Lipinski definition) is 1. The molecule has 5 heteroatoms. The Bertz CT molecular complexity index is 569. The maximum Gasteiger partial charge on any atom is 0.124 e. The molecule has 3 rings (SSSR count). The zero-order chi connectivity index (χ0) is 13.2. The molecule has 0 aliphatic carbocycles. The van der Waals surface area contributed by atoms with E-state index >= 15 is 0 Å². The van der Waals surface area contributed by atoms with E-state index in [-0.39, 0.29) is 5.82 Å². The van der Waals surface area contributed by atoms with Gasteiger partial charge in [-0.25, -0.2) is 9.37 Å². The molecule has 2 N–H and O–H groups in total. The molecule has 0 bridgehead atoms. The zero-order valence-corrected chi connectivity index (χ0v) is 11.6. The fourth-order valence-corrected chi connectivity index (χ4v) is 3.74. The number of likely N-dealkylation sites (tertiary alicyclic amines) is 1. The predicted octanol–water partition coefficient (Wildman–Crippen LogP) is 2.75. The average molecular weight is 279 g/mol. The van der Waals surface area contributed by atoms with Crippen molar-refractivity contribution in [2.75, 3.05) is 13.1 Å². The summed E-state index contributed by atoms with van der Waals surface area (Å²) in [4.78, 5) is 7.00. The van der Waals surface area contributed by atoms with Crippen LogP contribution in [0.25, 0.3) is 10.2 Å². The molecule has 1 aromatic heterocycles. The van der Waals surface area contributed by atoms with E-state index in [9.17, 15) is 4.39 Å². The highest BCUT2D eigenvalue weighted by atomic mass is 32.1. The van der Waals surface area contributed by atoms with Crippen molar-refractivity contribution in [3.05, 3.63) is 29.0 Å². The normalized spacial score (nSPS) is 21.1. The van der Waals surface area contributed by atoms with Crippen LogP contribution in [0.4, 0.5) is 4.39 Å². The average Bonchev–Trinajstić information content (AvgIpc) is 2.80. The number of fused-ring (bicyclic) bond motifs is 1. The maximum atomic E-state index is 13.2. The molecule has 0 amide bonds. The second kappa shape index (κ2) is 5.53. The van der Waals surface area contributed by atoms with E-state index in [1.165, 1.54) is 25.3 Å². The van der Waals surface area contributed by atoms with Crippen LogP contribution >= 0.6 is 11.3 Å². The number of thiazole rings is 1. The molecule has 0 saturated carbocycles. The van der Waals surface area contributed by atoms with Gasteiger partial charge in [-0.2, -0.15) is 0 Å². The van der Waals surface area contributed by atoms with Crippen molar-refractivity contribution < 1.29 is 4.39 Å². The van der Waals surface area contributed by atoms with Gasteiger partial charge in [0.1, 0.15) is 10.8 Å². The zero-order valence-electron chi connectivity index (χ0n) is 10.8. The Balaban J connectivity index is 1.80. The molecular weight excluding hydrogens is 261 g/mol. The van der Waals surface area contributed by atoms with Crippen LogP contribution < -0.4 is 5.73 Å². The molecule has 1 atom stereocenters. The molecule has 1 saturated heterocycles. The Labute approximate surface area is 116 Å². The number of rotatable bonds is 3. The lowest BCUT2D eigenvalue weighted by Gasteiger charge is -2.34. The van der Waals surface area contributed by atoms with Gasteiger partial charge in [-0.3, -0.25) is 4.90 Å². The molecule has 3 nitrogen and oxygen atoms in total. The summed E-state index contributed by atoms with van der Waals surface area (Å²) < 4.78 is 14.1. The minimum absolute atomic E-state index is 0.194. The fourth-order valence-electron chi connectivity index (χ4n) is 2.72. The molecule has 1 aliphatic heterocycles. The van der Waals surface area contributed by atoms with Gasteiger partial charge >= 0.3 is 0 Å². The lowest BCUT2D eigenvalue weighted by atomic mass is 10.0. The second-order valence-electron chi connectivity index (χ2n) is 5.08. The third-order valence-electron chi connectivity index (χ3n) is 3.75. The molecular formula is C14H18FN3S. The van der Waals surface area contributed by atoms with Crippen LogP contribution in [0.2, 0.25) is 0 Å². The summed E-state index contributed by atoms with van der Waals surface area (Å²) in [5, 5.41) is 1.06. The van der Waals surface area contributed by atoms with Crippen molar-refractivity contribution >= 4 is 21.6 Å². The predicted molar refractivity (Wildman–Crippen MR) is 76.7 cm³/mol. The maximum absolute atomic E-state index is 13.2. The number of aromatic nitrogens is 1. The fraction of sp³-hybridized carbons (Fsp3) is 0.500. The lowest BCUT2D eigenvalue weighted by Crippen LogP contribution is -2.43. The quantitative estimate of drug-likeness (QED) is 0.939. The van der Waals surface area contributed by atoms with Crippen molar-refractivity contribution in [2.45, 2.75) is 31.8 Å². The first kappa shape index (κ1) is 13.0. The van der Waals surface area contributed by atoms with Crippen molar-refractivity contribution in [2.24, 2.45) is 5.73 Å². The minimum atomic E-state index is -0.194. The molecule has 1 aromatic carbocycles. The van der Waals surface area contributed by atoms with Gasteiger partial charge in [-0.15, -0.1) is 11.3 Å². The van der Waals surface area contributed by atoms with Crippen molar-refractivity contribution in [3.8, 4) is 0 Å². The Morgan fingerprint density at radius 3 is 3.16 bits per heavy atom. The third kappa shape index (κ3) is 2.78. The highest BCUT2D eigenvalue weighted by Gasteiger charge is 2.22. The van der Waals surface area contributed by atoms with Crippen molar-refractivity contribution in [1.29, 1.82) is 0 Å². The van der Waals surface area contributed by atoms with Crippen LogP contribution in [0, 0.1) is 5.82 Å². The largest absolute Gasteiger partial charge is 0.329 e. The van der Waals surface area contributed by atoms with Gasteiger partial charge in [-0.1, -0.05) is 6.42 Å². The molecule has 1 fully saturated rings. The van der Waals surface area contributed by atoms with Gasteiger partial charge in [0.15, 0.2) is 0 Å². The second-order valence-corrected chi connectivity index (χ2v) is 6.19. The number of benzene rings is 1. The summed E-state index contributed by atoms with van der Waals surface area (Å²) in [7, 11) is 0. The SMILES string of the molecule is NCC1CCCCN1Cc1nc2ccc(F)cc2s1. The summed E-state index contributed by atoms with van der Waals surface area (Å²) in [6, 6.07) is 5.25. The molecule has 0 radical (unpaired) electrons. The molecule has 1 aliphatic rings. The van der Waals surface area contributed by atoms with E-state index in [1.807, 2.05) is 0 Å². The summed E-state index contributed by atoms with van der Waals surface area (Å²) in [5.74, 6) is -0.194. The Hall–Kier alpha value is -1.04. The van der Waals surface area contributed by atoms with Gasteiger partial charge in [0.25, 0.3) is 0 Å². The van der Waals surface area contributed by atoms with Crippen LogP contribution in [0.15, 0.2) is 18.2 Å². The van der Waals surface area contributed by atoms with Gasteiger partial charge in [-0.05, 0) is 37.6 Å². The van der Waals surface area contributed by atoms with E-state index in [4.69, 9.17) is 5.73 Å². The van der Waals surface area contributed by atoms with E-state index in [0.717, 1.165) is 28.3 Å². The van der Waals surface area contributed by atoms with Crippen molar-refractivity contribution in [3.63, 3.8) is 0 Å². The Morgan fingerprint density at radius 2 is 2.32 bits per heavy atom. The number of hydrogen-bond acceptors (Lipinski definition) is 4. The monoisotopic (exact) mass is 279 g/mol. The first-order valence-corrected chi connectivity index (χ1v) is 7.57. The van der Waals surface area contributed by atoms with E-state index < -0.39 is 0 Å². The standard InChI is InChI=1S/C14H18FN3S/c15-10-4-5-12-13(7-10)19-14(17-12)9-18-6-2-1-3-11(18)8-16/h4-5,7,11H,1-3,6,8-9,16H2. The van der Waals surface area contributed by atoms with Crippen LogP contribution in [-0.4, -0.2) is 29.0 Å². The summed E-state index contributed by atoms with van der Waals surface area (Å²) >= 11 is 1.58. The van der Waals surface area contributed by atoms with Gasteiger partial charge in [0.2, 0.25) is 0 Å². The first-order valence-electron chi connectivity index (χ1n) is 6.75. The number of halogens is 1. The molecule has 2 heterocycles. The Kier molecular flexibility index (Phi) is 3.77. The van der Waals surface area contributed by atoms with Gasteiger partial charge in [0, 0.05) is 12.6 Å². The molecule has 19 heavy (non-hydrogen) atoms.